The summed E-state index contributed by atoms with van der Waals surface area (Å²) in [5.41, 5.74) is 0.981. The molecule has 0 aliphatic rings. The second kappa shape index (κ2) is 10.1. The average Bonchev–Trinajstić information content (AvgIpc) is 2.76. The normalized spacial score (nSPS) is 10.9. The number of hydrogen-bond donors (Lipinski definition) is 1. The maximum atomic E-state index is 12.8. The number of hydrogen-bond acceptors (Lipinski definition) is 6. The lowest BCUT2D eigenvalue weighted by atomic mass is 10.1. The van der Waals surface area contributed by atoms with Crippen LogP contribution in [0.15, 0.2) is 41.5 Å². The van der Waals surface area contributed by atoms with Gasteiger partial charge in [-0.2, -0.15) is 8.78 Å². The third-order valence-corrected chi connectivity index (χ3v) is 4.85. The fourth-order valence-corrected chi connectivity index (χ4v) is 3.25. The first-order valence-electron chi connectivity index (χ1n) is 9.79. The van der Waals surface area contributed by atoms with Crippen molar-refractivity contribution in [3.63, 3.8) is 0 Å². The number of amides is 1. The number of rotatable bonds is 9. The Morgan fingerprint density at radius 3 is 2.56 bits per heavy atom. The highest BCUT2D eigenvalue weighted by atomic mass is 19.3. The molecule has 2 aromatic carbocycles. The van der Waals surface area contributed by atoms with E-state index in [-0.39, 0.29) is 35.9 Å². The Morgan fingerprint density at radius 1 is 1.16 bits per heavy atom. The Balaban J connectivity index is 1.69. The zero-order valence-corrected chi connectivity index (χ0v) is 17.9. The number of fused-ring (bicyclic) bond motifs is 1. The molecular formula is C22H23F2N3O5. The SMILES string of the molecule is COc1cc2ncn(CCCC(=O)Nc3c(C)cccc3OC(F)F)c(=O)c2cc1OC. The Kier molecular flexibility index (Phi) is 7.24. The first-order chi connectivity index (χ1) is 15.3. The van der Waals surface area contributed by atoms with Crippen LogP contribution in [0.4, 0.5) is 14.5 Å². The van der Waals surface area contributed by atoms with E-state index in [9.17, 15) is 18.4 Å². The van der Waals surface area contributed by atoms with Crippen LogP contribution in [0.5, 0.6) is 17.2 Å². The number of nitrogens with one attached hydrogen (secondary N) is 1. The quantitative estimate of drug-likeness (QED) is 0.537. The van der Waals surface area contributed by atoms with Gasteiger partial charge >= 0.3 is 6.61 Å². The van der Waals surface area contributed by atoms with Crippen LogP contribution in [0.1, 0.15) is 18.4 Å². The Bertz CT molecular complexity index is 1180. The number of ether oxygens (including phenoxy) is 3. The van der Waals surface area contributed by atoms with Crippen LogP contribution < -0.4 is 25.1 Å². The van der Waals surface area contributed by atoms with Gasteiger partial charge in [0.15, 0.2) is 11.5 Å². The van der Waals surface area contributed by atoms with Gasteiger partial charge in [0.25, 0.3) is 5.56 Å². The molecule has 10 heteroatoms. The first-order valence-corrected chi connectivity index (χ1v) is 9.79. The van der Waals surface area contributed by atoms with Gasteiger partial charge in [-0.15, -0.1) is 0 Å². The lowest BCUT2D eigenvalue weighted by Gasteiger charge is -2.14. The number of aromatic nitrogens is 2. The minimum Gasteiger partial charge on any atom is -0.493 e. The van der Waals surface area contributed by atoms with E-state index in [1.807, 2.05) is 0 Å². The van der Waals surface area contributed by atoms with E-state index >= 15 is 0 Å². The number of aryl methyl sites for hydroxylation is 2. The van der Waals surface area contributed by atoms with E-state index in [0.29, 0.717) is 34.4 Å². The number of carbonyl (C=O) groups excluding carboxylic acids is 1. The molecule has 0 saturated heterocycles. The number of para-hydroxylation sites is 1. The van der Waals surface area contributed by atoms with Crippen molar-refractivity contribution < 1.29 is 27.8 Å². The molecular weight excluding hydrogens is 424 g/mol. The molecule has 0 radical (unpaired) electrons. The summed E-state index contributed by atoms with van der Waals surface area (Å²) in [4.78, 5) is 29.4. The fraction of sp³-hybridized carbons (Fsp3) is 0.318. The molecule has 3 aromatic rings. The zero-order chi connectivity index (χ0) is 23.3. The van der Waals surface area contributed by atoms with Gasteiger partial charge in [0.1, 0.15) is 5.75 Å². The Labute approximate surface area is 182 Å². The number of alkyl halides is 2. The van der Waals surface area contributed by atoms with Crippen molar-refractivity contribution in [1.29, 1.82) is 0 Å². The monoisotopic (exact) mass is 447 g/mol. The van der Waals surface area contributed by atoms with Crippen molar-refractivity contribution >= 4 is 22.5 Å². The molecule has 1 heterocycles. The summed E-state index contributed by atoms with van der Waals surface area (Å²) in [6, 6.07) is 7.78. The predicted molar refractivity (Wildman–Crippen MR) is 115 cm³/mol. The van der Waals surface area contributed by atoms with Crippen LogP contribution in [0.3, 0.4) is 0 Å². The van der Waals surface area contributed by atoms with Gasteiger partial charge in [0, 0.05) is 19.0 Å². The van der Waals surface area contributed by atoms with Crippen molar-refractivity contribution in [2.24, 2.45) is 0 Å². The summed E-state index contributed by atoms with van der Waals surface area (Å²) in [6.07, 6.45) is 1.81. The molecule has 3 rings (SSSR count). The standard InChI is InChI=1S/C22H23F2N3O5/c1-13-6-4-7-16(32-22(23)24)20(13)26-19(28)8-5-9-27-12-25-15-11-18(31-3)17(30-2)10-14(15)21(27)29/h4,6-7,10-12,22H,5,8-9H2,1-3H3,(H,26,28). The number of halogens is 2. The Hall–Kier alpha value is -3.69. The maximum absolute atomic E-state index is 12.8. The second-order valence-electron chi connectivity index (χ2n) is 6.95. The highest BCUT2D eigenvalue weighted by Crippen LogP contribution is 2.30. The van der Waals surface area contributed by atoms with E-state index in [0.717, 1.165) is 0 Å². The topological polar surface area (TPSA) is 91.7 Å². The minimum atomic E-state index is -3.00. The molecule has 0 aliphatic heterocycles. The lowest BCUT2D eigenvalue weighted by molar-refractivity contribution is -0.116. The van der Waals surface area contributed by atoms with Crippen LogP contribution in [0, 0.1) is 6.92 Å². The van der Waals surface area contributed by atoms with Crippen molar-refractivity contribution in [2.75, 3.05) is 19.5 Å². The van der Waals surface area contributed by atoms with Gasteiger partial charge in [-0.05, 0) is 31.0 Å². The molecule has 0 unspecified atom stereocenters. The molecule has 0 spiro atoms. The number of carbonyl (C=O) groups is 1. The average molecular weight is 447 g/mol. The molecule has 0 fully saturated rings. The van der Waals surface area contributed by atoms with E-state index in [4.69, 9.17) is 9.47 Å². The summed E-state index contributed by atoms with van der Waals surface area (Å²) in [7, 11) is 2.97. The van der Waals surface area contributed by atoms with Gasteiger partial charge < -0.3 is 19.5 Å². The molecule has 0 atom stereocenters. The van der Waals surface area contributed by atoms with Crippen LogP contribution in [0.2, 0.25) is 0 Å². The molecule has 0 bridgehead atoms. The Morgan fingerprint density at radius 2 is 1.88 bits per heavy atom. The highest BCUT2D eigenvalue weighted by Gasteiger charge is 2.15. The molecule has 1 amide bonds. The molecule has 170 valence electrons. The third-order valence-electron chi connectivity index (χ3n) is 4.85. The first kappa shape index (κ1) is 23.0. The molecule has 32 heavy (non-hydrogen) atoms. The van der Waals surface area contributed by atoms with Crippen LogP contribution in [-0.2, 0) is 11.3 Å². The fourth-order valence-electron chi connectivity index (χ4n) is 3.25. The van der Waals surface area contributed by atoms with Crippen LogP contribution in [-0.4, -0.2) is 36.3 Å². The van der Waals surface area contributed by atoms with Gasteiger partial charge in [0.05, 0.1) is 37.1 Å². The highest BCUT2D eigenvalue weighted by molar-refractivity contribution is 5.93. The van der Waals surface area contributed by atoms with Gasteiger partial charge in [0.2, 0.25) is 5.91 Å². The van der Waals surface area contributed by atoms with Crippen molar-refractivity contribution in [1.82, 2.24) is 9.55 Å². The van der Waals surface area contributed by atoms with Gasteiger partial charge in [-0.1, -0.05) is 12.1 Å². The lowest BCUT2D eigenvalue weighted by Crippen LogP contribution is -2.22. The largest absolute Gasteiger partial charge is 0.493 e. The predicted octanol–water partition coefficient (Wildman–Crippen LogP) is 3.74. The number of methoxy groups -OCH3 is 2. The molecule has 8 nitrogen and oxygen atoms in total. The summed E-state index contributed by atoms with van der Waals surface area (Å²) in [5, 5.41) is 2.98. The van der Waals surface area contributed by atoms with Crippen LogP contribution in [0.25, 0.3) is 10.9 Å². The summed E-state index contributed by atoms with van der Waals surface area (Å²) in [6.45, 7) is -1.08. The van der Waals surface area contributed by atoms with Crippen molar-refractivity contribution in [2.45, 2.75) is 32.9 Å². The number of benzene rings is 2. The summed E-state index contributed by atoms with van der Waals surface area (Å²) in [5.74, 6) is 0.392. The number of nitrogens with zero attached hydrogens (tertiary/aromatic N) is 2. The van der Waals surface area contributed by atoms with Crippen molar-refractivity contribution in [3.05, 3.63) is 52.6 Å². The van der Waals surface area contributed by atoms with Gasteiger partial charge in [-0.25, -0.2) is 4.98 Å². The molecule has 1 aromatic heterocycles. The number of anilines is 1. The second-order valence-corrected chi connectivity index (χ2v) is 6.95. The molecule has 0 saturated carbocycles. The van der Waals surface area contributed by atoms with E-state index in [2.05, 4.69) is 15.0 Å². The summed E-state index contributed by atoms with van der Waals surface area (Å²) >= 11 is 0. The van der Waals surface area contributed by atoms with Crippen molar-refractivity contribution in [3.8, 4) is 17.2 Å². The maximum Gasteiger partial charge on any atom is 0.387 e. The van der Waals surface area contributed by atoms with E-state index in [1.165, 1.54) is 31.2 Å². The minimum absolute atomic E-state index is 0.0683. The summed E-state index contributed by atoms with van der Waals surface area (Å²) < 4.78 is 41.6. The third kappa shape index (κ3) is 5.13. The van der Waals surface area contributed by atoms with E-state index < -0.39 is 6.61 Å². The van der Waals surface area contributed by atoms with E-state index in [1.54, 1.807) is 31.2 Å². The zero-order valence-electron chi connectivity index (χ0n) is 17.9. The van der Waals surface area contributed by atoms with Crippen LogP contribution >= 0.6 is 0 Å². The molecule has 1 N–H and O–H groups in total. The van der Waals surface area contributed by atoms with Gasteiger partial charge in [-0.3, -0.25) is 14.2 Å². The smallest absolute Gasteiger partial charge is 0.387 e. The molecule has 0 aliphatic carbocycles.